The van der Waals surface area contributed by atoms with E-state index in [-0.39, 0.29) is 23.4 Å². The lowest BCUT2D eigenvalue weighted by Crippen LogP contribution is -2.13. The summed E-state index contributed by atoms with van der Waals surface area (Å²) in [5.74, 6) is -2.13. The lowest BCUT2D eigenvalue weighted by Gasteiger charge is -2.09. The van der Waals surface area contributed by atoms with Crippen molar-refractivity contribution in [2.24, 2.45) is 0 Å². The number of nitrogens with zero attached hydrogens (tertiary/aromatic N) is 2. The zero-order valence-electron chi connectivity index (χ0n) is 13.5. The third kappa shape index (κ3) is 3.01. The molecule has 10 heteroatoms. The molecule has 0 aliphatic heterocycles. The molecule has 0 saturated carbocycles. The molecule has 6 nitrogen and oxygen atoms in total. The van der Waals surface area contributed by atoms with Gasteiger partial charge in [-0.15, -0.1) is 0 Å². The van der Waals surface area contributed by atoms with Crippen molar-refractivity contribution < 1.29 is 26.0 Å². The van der Waals surface area contributed by atoms with Crippen molar-refractivity contribution in [3.63, 3.8) is 0 Å². The van der Waals surface area contributed by atoms with Crippen molar-refractivity contribution in [1.82, 2.24) is 14.3 Å². The van der Waals surface area contributed by atoms with Crippen LogP contribution in [0.2, 0.25) is 0 Å². The Balaban J connectivity index is 2.26. The normalized spacial score (nSPS) is 11.8. The summed E-state index contributed by atoms with van der Waals surface area (Å²) in [6.45, 7) is -0.984. The van der Waals surface area contributed by atoms with E-state index < -0.39 is 39.2 Å². The highest BCUT2D eigenvalue weighted by Crippen LogP contribution is 2.32. The van der Waals surface area contributed by atoms with E-state index in [0.717, 1.165) is 24.5 Å². The minimum atomic E-state index is -4.42. The van der Waals surface area contributed by atoms with Crippen molar-refractivity contribution >= 4 is 10.0 Å². The quantitative estimate of drug-likeness (QED) is 0.661. The van der Waals surface area contributed by atoms with Gasteiger partial charge < -0.3 is 9.73 Å². The number of halogens is 3. The van der Waals surface area contributed by atoms with Gasteiger partial charge in [-0.3, -0.25) is 0 Å². The molecule has 1 N–H and O–H groups in total. The highest BCUT2D eigenvalue weighted by atomic mass is 32.2. The van der Waals surface area contributed by atoms with Gasteiger partial charge in [0.2, 0.25) is 11.0 Å². The first-order valence-corrected chi connectivity index (χ1v) is 8.89. The fourth-order valence-electron chi connectivity index (χ4n) is 2.48. The molecule has 0 spiro atoms. The van der Waals surface area contributed by atoms with Gasteiger partial charge in [0.1, 0.15) is 18.1 Å². The fraction of sp³-hybridized carbons (Fsp3) is 0.188. The maximum atomic E-state index is 14.9. The number of hydrogen-bond donors (Lipinski definition) is 1. The van der Waals surface area contributed by atoms with Gasteiger partial charge in [0.15, 0.2) is 5.82 Å². The predicted molar refractivity (Wildman–Crippen MR) is 86.4 cm³/mol. The van der Waals surface area contributed by atoms with Crippen LogP contribution in [0.15, 0.2) is 46.2 Å². The van der Waals surface area contributed by atoms with Crippen LogP contribution in [-0.2, 0) is 23.2 Å². The van der Waals surface area contributed by atoms with E-state index in [0.29, 0.717) is 3.97 Å². The minimum Gasteiger partial charge on any atom is -0.445 e. The van der Waals surface area contributed by atoms with Crippen LogP contribution in [0.25, 0.3) is 11.3 Å². The van der Waals surface area contributed by atoms with Gasteiger partial charge in [-0.2, -0.15) is 12.8 Å². The summed E-state index contributed by atoms with van der Waals surface area (Å²) < 4.78 is 72.9. The zero-order valence-corrected chi connectivity index (χ0v) is 14.4. The third-order valence-corrected chi connectivity index (χ3v) is 5.18. The average molecular weight is 385 g/mol. The molecule has 0 unspecified atom stereocenters. The molecular weight excluding hydrogens is 371 g/mol. The number of nitrogens with one attached hydrogen (secondary N) is 1. The molecule has 138 valence electrons. The molecule has 0 saturated heterocycles. The lowest BCUT2D eigenvalue weighted by atomic mass is 10.2. The lowest BCUT2D eigenvalue weighted by molar-refractivity contribution is 0.350. The van der Waals surface area contributed by atoms with Gasteiger partial charge in [0.25, 0.3) is 0 Å². The Hall–Kier alpha value is -2.59. The van der Waals surface area contributed by atoms with Gasteiger partial charge in [-0.05, 0) is 31.3 Å². The molecule has 0 atom stereocenters. The Morgan fingerprint density at radius 1 is 1.27 bits per heavy atom. The Morgan fingerprint density at radius 3 is 2.65 bits per heavy atom. The molecule has 0 radical (unpaired) electrons. The molecule has 0 amide bonds. The summed E-state index contributed by atoms with van der Waals surface area (Å²) >= 11 is 0. The summed E-state index contributed by atoms with van der Waals surface area (Å²) in [4.78, 5) is 3.44. The summed E-state index contributed by atoms with van der Waals surface area (Å²) in [5.41, 5.74) is -0.834. The molecule has 0 aliphatic carbocycles. The van der Waals surface area contributed by atoms with E-state index in [9.17, 15) is 21.6 Å². The van der Waals surface area contributed by atoms with Crippen LogP contribution < -0.4 is 5.32 Å². The summed E-state index contributed by atoms with van der Waals surface area (Å²) in [5, 5.41) is 2.12. The fourth-order valence-corrected chi connectivity index (χ4v) is 3.81. The Bertz CT molecular complexity index is 1040. The molecule has 26 heavy (non-hydrogen) atoms. The van der Waals surface area contributed by atoms with Crippen LogP contribution in [0.3, 0.4) is 0 Å². The molecule has 0 fully saturated rings. The molecule has 3 aromatic heterocycles. The average Bonchev–Trinajstić information content (AvgIpc) is 3.22. The molecule has 0 aliphatic rings. The molecule has 3 heterocycles. The van der Waals surface area contributed by atoms with Gasteiger partial charge in [-0.25, -0.2) is 17.7 Å². The van der Waals surface area contributed by atoms with Gasteiger partial charge in [-0.1, -0.05) is 0 Å². The van der Waals surface area contributed by atoms with Crippen molar-refractivity contribution in [3.05, 3.63) is 59.7 Å². The second-order valence-corrected chi connectivity index (χ2v) is 7.09. The van der Waals surface area contributed by atoms with E-state index in [1.165, 1.54) is 12.1 Å². The largest absolute Gasteiger partial charge is 0.445 e. The van der Waals surface area contributed by atoms with Crippen LogP contribution in [-0.4, -0.2) is 24.4 Å². The first kappa shape index (κ1) is 18.2. The van der Waals surface area contributed by atoms with Gasteiger partial charge >= 0.3 is 10.0 Å². The van der Waals surface area contributed by atoms with Crippen LogP contribution in [0, 0.1) is 11.8 Å². The Kier molecular flexibility index (Phi) is 4.88. The molecule has 0 bridgehead atoms. The number of hydrogen-bond acceptors (Lipinski definition) is 5. The first-order valence-electron chi connectivity index (χ1n) is 7.45. The van der Waals surface area contributed by atoms with E-state index in [1.807, 2.05) is 0 Å². The van der Waals surface area contributed by atoms with Gasteiger partial charge in [0.05, 0.1) is 5.56 Å². The van der Waals surface area contributed by atoms with Crippen LogP contribution >= 0.6 is 0 Å². The SMILES string of the molecule is CNCc1cn(S(=O)(=O)c2ccc(CF)o2)c(-c2cccnc2F)c1F. The first-order chi connectivity index (χ1) is 12.4. The minimum absolute atomic E-state index is 0.00611. The maximum Gasteiger partial charge on any atom is 0.301 e. The van der Waals surface area contributed by atoms with E-state index in [4.69, 9.17) is 4.42 Å². The molecule has 3 aromatic rings. The van der Waals surface area contributed by atoms with Crippen LogP contribution in [0.4, 0.5) is 13.2 Å². The second kappa shape index (κ2) is 6.96. The molecule has 3 rings (SSSR count). The smallest absolute Gasteiger partial charge is 0.301 e. The van der Waals surface area contributed by atoms with Gasteiger partial charge in [0, 0.05) is 24.5 Å². The van der Waals surface area contributed by atoms with E-state index >= 15 is 0 Å². The topological polar surface area (TPSA) is 77.1 Å². The second-order valence-electron chi connectivity index (χ2n) is 5.34. The summed E-state index contributed by atoms with van der Waals surface area (Å²) in [6.07, 6.45) is 2.19. The Morgan fingerprint density at radius 2 is 2.04 bits per heavy atom. The third-order valence-electron chi connectivity index (χ3n) is 3.65. The van der Waals surface area contributed by atoms with E-state index in [1.54, 1.807) is 7.05 Å². The van der Waals surface area contributed by atoms with Crippen molar-refractivity contribution in [2.75, 3.05) is 7.05 Å². The predicted octanol–water partition coefficient (Wildman–Crippen LogP) is 2.85. The monoisotopic (exact) mass is 385 g/mol. The van der Waals surface area contributed by atoms with Crippen LogP contribution in [0.5, 0.6) is 0 Å². The number of pyridine rings is 1. The zero-order chi connectivity index (χ0) is 18.9. The summed E-state index contributed by atoms with van der Waals surface area (Å²) in [7, 11) is -2.87. The highest BCUT2D eigenvalue weighted by molar-refractivity contribution is 7.89. The van der Waals surface area contributed by atoms with Crippen molar-refractivity contribution in [1.29, 1.82) is 0 Å². The standard InChI is InChI=1S/C16H14F3N3O3S/c1-20-8-10-9-22(26(23,24)13-5-4-11(7-17)25-13)15(14(10)18)12-3-2-6-21-16(12)19/h2-6,9,20H,7-8H2,1H3. The van der Waals surface area contributed by atoms with Crippen LogP contribution in [0.1, 0.15) is 11.3 Å². The molecular formula is C16H14F3N3O3S. The molecule has 0 aromatic carbocycles. The van der Waals surface area contributed by atoms with E-state index in [2.05, 4.69) is 10.3 Å². The number of furan rings is 1. The number of rotatable bonds is 6. The van der Waals surface area contributed by atoms with Crippen molar-refractivity contribution in [2.45, 2.75) is 18.3 Å². The summed E-state index contributed by atoms with van der Waals surface area (Å²) in [6, 6.07) is 4.79. The Labute approximate surface area is 147 Å². The highest BCUT2D eigenvalue weighted by Gasteiger charge is 2.30. The maximum absolute atomic E-state index is 14.9. The van der Waals surface area contributed by atoms with Crippen molar-refractivity contribution in [3.8, 4) is 11.3 Å². The number of alkyl halides is 1. The number of aromatic nitrogens is 2.